The van der Waals surface area contributed by atoms with Gasteiger partial charge in [-0.3, -0.25) is 9.69 Å². The SMILES string of the molecule is CN(CCOc1cccc(CNC(=O)CSc2ccc(Br)cc2)c1)C1CCOCC1. The largest absolute Gasteiger partial charge is 0.492 e. The number of amides is 1. The van der Waals surface area contributed by atoms with E-state index in [9.17, 15) is 4.79 Å². The van der Waals surface area contributed by atoms with Crippen molar-refractivity contribution in [2.45, 2.75) is 30.3 Å². The van der Waals surface area contributed by atoms with Crippen molar-refractivity contribution in [1.82, 2.24) is 10.2 Å². The lowest BCUT2D eigenvalue weighted by molar-refractivity contribution is -0.118. The van der Waals surface area contributed by atoms with Gasteiger partial charge in [0.15, 0.2) is 0 Å². The molecule has 0 atom stereocenters. The van der Waals surface area contributed by atoms with E-state index in [0.717, 1.165) is 53.3 Å². The van der Waals surface area contributed by atoms with E-state index in [1.165, 1.54) is 11.8 Å². The summed E-state index contributed by atoms with van der Waals surface area (Å²) in [6.07, 6.45) is 2.18. The number of carbonyl (C=O) groups is 1. The second-order valence-corrected chi connectivity index (χ2v) is 9.30. The molecule has 1 fully saturated rings. The minimum atomic E-state index is 0.0207. The second kappa shape index (κ2) is 12.3. The number of nitrogens with one attached hydrogen (secondary N) is 1. The molecule has 1 N–H and O–H groups in total. The number of thioether (sulfide) groups is 1. The molecule has 2 aromatic rings. The Morgan fingerprint density at radius 3 is 2.77 bits per heavy atom. The Labute approximate surface area is 191 Å². The highest BCUT2D eigenvalue weighted by atomic mass is 79.9. The van der Waals surface area contributed by atoms with Gasteiger partial charge in [0.1, 0.15) is 12.4 Å². The van der Waals surface area contributed by atoms with Crippen LogP contribution < -0.4 is 10.1 Å². The summed E-state index contributed by atoms with van der Waals surface area (Å²) in [5.74, 6) is 1.26. The van der Waals surface area contributed by atoms with Crippen LogP contribution in [-0.4, -0.2) is 56.0 Å². The van der Waals surface area contributed by atoms with Crippen LogP contribution in [0.25, 0.3) is 0 Å². The molecule has 1 saturated heterocycles. The summed E-state index contributed by atoms with van der Waals surface area (Å²) in [4.78, 5) is 15.6. The third kappa shape index (κ3) is 7.95. The second-order valence-electron chi connectivity index (χ2n) is 7.34. The molecule has 0 spiro atoms. The first kappa shape index (κ1) is 23.1. The van der Waals surface area contributed by atoms with Gasteiger partial charge >= 0.3 is 0 Å². The molecule has 0 unspecified atom stereocenters. The molecule has 30 heavy (non-hydrogen) atoms. The van der Waals surface area contributed by atoms with Crippen molar-refractivity contribution >= 4 is 33.6 Å². The van der Waals surface area contributed by atoms with Crippen LogP contribution in [0.5, 0.6) is 5.75 Å². The van der Waals surface area contributed by atoms with Gasteiger partial charge < -0.3 is 14.8 Å². The van der Waals surface area contributed by atoms with E-state index in [4.69, 9.17) is 9.47 Å². The molecule has 1 heterocycles. The maximum atomic E-state index is 12.2. The summed E-state index contributed by atoms with van der Waals surface area (Å²) >= 11 is 4.95. The maximum Gasteiger partial charge on any atom is 0.230 e. The van der Waals surface area contributed by atoms with Gasteiger partial charge in [-0.1, -0.05) is 28.1 Å². The van der Waals surface area contributed by atoms with Gasteiger partial charge in [-0.15, -0.1) is 11.8 Å². The normalized spacial score (nSPS) is 14.6. The van der Waals surface area contributed by atoms with Crippen LogP contribution in [0.1, 0.15) is 18.4 Å². The maximum absolute atomic E-state index is 12.2. The predicted octanol–water partition coefficient (Wildman–Crippen LogP) is 4.35. The van der Waals surface area contributed by atoms with Crippen LogP contribution in [0.15, 0.2) is 57.9 Å². The minimum absolute atomic E-state index is 0.0207. The molecule has 1 aliphatic heterocycles. The quantitative estimate of drug-likeness (QED) is 0.499. The zero-order chi connectivity index (χ0) is 21.2. The zero-order valence-electron chi connectivity index (χ0n) is 17.3. The average Bonchev–Trinajstić information content (AvgIpc) is 2.78. The van der Waals surface area contributed by atoms with Crippen LogP contribution in [0.2, 0.25) is 0 Å². The molecule has 0 aliphatic carbocycles. The molecule has 0 aromatic heterocycles. The van der Waals surface area contributed by atoms with Crippen LogP contribution >= 0.6 is 27.7 Å². The highest BCUT2D eigenvalue weighted by molar-refractivity contribution is 9.10. The summed E-state index contributed by atoms with van der Waals surface area (Å²) in [7, 11) is 2.15. The monoisotopic (exact) mass is 492 g/mol. The number of benzene rings is 2. The van der Waals surface area contributed by atoms with E-state index in [0.29, 0.717) is 24.9 Å². The summed E-state index contributed by atoms with van der Waals surface area (Å²) in [5.41, 5.74) is 1.03. The Kier molecular flexibility index (Phi) is 9.52. The molecular formula is C23H29BrN2O3S. The fourth-order valence-electron chi connectivity index (χ4n) is 3.29. The van der Waals surface area contributed by atoms with Crippen LogP contribution in [0, 0.1) is 0 Å². The Balaban J connectivity index is 1.37. The van der Waals surface area contributed by atoms with E-state index in [-0.39, 0.29) is 5.91 Å². The number of carbonyl (C=O) groups excluding carboxylic acids is 1. The number of nitrogens with zero attached hydrogens (tertiary/aromatic N) is 1. The zero-order valence-corrected chi connectivity index (χ0v) is 19.7. The van der Waals surface area contributed by atoms with E-state index < -0.39 is 0 Å². The van der Waals surface area contributed by atoms with Crippen molar-refractivity contribution < 1.29 is 14.3 Å². The molecule has 162 valence electrons. The molecule has 7 heteroatoms. The van der Waals surface area contributed by atoms with Gasteiger partial charge in [0.2, 0.25) is 5.91 Å². The summed E-state index contributed by atoms with van der Waals surface area (Å²) in [6.45, 7) is 3.74. The van der Waals surface area contributed by atoms with Crippen LogP contribution in [-0.2, 0) is 16.1 Å². The van der Waals surface area contributed by atoms with E-state index in [2.05, 4.69) is 33.2 Å². The number of halogens is 1. The lowest BCUT2D eigenvalue weighted by Crippen LogP contribution is -2.38. The predicted molar refractivity (Wildman–Crippen MR) is 125 cm³/mol. The van der Waals surface area contributed by atoms with Crippen molar-refractivity contribution in [1.29, 1.82) is 0 Å². The van der Waals surface area contributed by atoms with Gasteiger partial charge in [0, 0.05) is 41.7 Å². The van der Waals surface area contributed by atoms with Gasteiger partial charge in [0.25, 0.3) is 0 Å². The molecule has 0 bridgehead atoms. The number of hydrogen-bond donors (Lipinski definition) is 1. The lowest BCUT2D eigenvalue weighted by Gasteiger charge is -2.31. The van der Waals surface area contributed by atoms with Gasteiger partial charge in [-0.2, -0.15) is 0 Å². The smallest absolute Gasteiger partial charge is 0.230 e. The van der Waals surface area contributed by atoms with Crippen molar-refractivity contribution in [2.24, 2.45) is 0 Å². The Morgan fingerprint density at radius 1 is 1.23 bits per heavy atom. The Bertz CT molecular complexity index is 797. The number of hydrogen-bond acceptors (Lipinski definition) is 5. The molecule has 2 aromatic carbocycles. The standard InChI is InChI=1S/C23H29BrN2O3S/c1-26(20-9-12-28-13-10-20)11-14-29-21-4-2-3-18(15-21)16-25-23(27)17-30-22-7-5-19(24)6-8-22/h2-8,15,20H,9-14,16-17H2,1H3,(H,25,27). The highest BCUT2D eigenvalue weighted by Crippen LogP contribution is 2.20. The molecule has 5 nitrogen and oxygen atoms in total. The van der Waals surface area contributed by atoms with E-state index in [1.807, 2.05) is 48.5 Å². The fourth-order valence-corrected chi connectivity index (χ4v) is 4.29. The average molecular weight is 493 g/mol. The van der Waals surface area contributed by atoms with Gasteiger partial charge in [0.05, 0.1) is 5.75 Å². The van der Waals surface area contributed by atoms with Crippen molar-refractivity contribution in [3.8, 4) is 5.75 Å². The molecule has 0 saturated carbocycles. The van der Waals surface area contributed by atoms with Crippen LogP contribution in [0.3, 0.4) is 0 Å². The first-order valence-corrected chi connectivity index (χ1v) is 12.0. The first-order valence-electron chi connectivity index (χ1n) is 10.2. The van der Waals surface area contributed by atoms with Crippen LogP contribution in [0.4, 0.5) is 0 Å². The number of likely N-dealkylation sites (N-methyl/N-ethyl adjacent to an activating group) is 1. The molecular weight excluding hydrogens is 464 g/mol. The van der Waals surface area contributed by atoms with E-state index in [1.54, 1.807) is 0 Å². The summed E-state index contributed by atoms with van der Waals surface area (Å²) < 4.78 is 12.4. The fraction of sp³-hybridized carbons (Fsp3) is 0.435. The molecule has 1 aliphatic rings. The molecule has 1 amide bonds. The highest BCUT2D eigenvalue weighted by Gasteiger charge is 2.17. The van der Waals surface area contributed by atoms with Crippen molar-refractivity contribution in [3.63, 3.8) is 0 Å². The van der Waals surface area contributed by atoms with Crippen molar-refractivity contribution in [3.05, 3.63) is 58.6 Å². The first-order chi connectivity index (χ1) is 14.6. The Hall–Kier alpha value is -1.54. The van der Waals surface area contributed by atoms with Gasteiger partial charge in [-0.05, 0) is 61.9 Å². The lowest BCUT2D eigenvalue weighted by atomic mass is 10.1. The third-order valence-corrected chi connectivity index (χ3v) is 6.64. The van der Waals surface area contributed by atoms with Crippen molar-refractivity contribution in [2.75, 3.05) is 39.2 Å². The van der Waals surface area contributed by atoms with Gasteiger partial charge in [-0.25, -0.2) is 0 Å². The Morgan fingerprint density at radius 2 is 2.00 bits per heavy atom. The number of rotatable bonds is 10. The third-order valence-electron chi connectivity index (χ3n) is 5.10. The minimum Gasteiger partial charge on any atom is -0.492 e. The number of ether oxygens (including phenoxy) is 2. The molecule has 0 radical (unpaired) electrons. The summed E-state index contributed by atoms with van der Waals surface area (Å²) in [5, 5.41) is 2.98. The summed E-state index contributed by atoms with van der Waals surface area (Å²) in [6, 6.07) is 16.5. The topological polar surface area (TPSA) is 50.8 Å². The van der Waals surface area contributed by atoms with E-state index >= 15 is 0 Å². The molecule has 3 rings (SSSR count).